The van der Waals surface area contributed by atoms with Crippen molar-refractivity contribution >= 4 is 23.2 Å². The van der Waals surface area contributed by atoms with Crippen molar-refractivity contribution in [1.82, 2.24) is 9.78 Å². The number of fused-ring (bicyclic) bond motifs is 1. The van der Waals surface area contributed by atoms with E-state index in [0.29, 0.717) is 10.8 Å². The normalized spacial score (nSPS) is 12.8. The van der Waals surface area contributed by atoms with E-state index in [4.69, 9.17) is 16.7 Å². The van der Waals surface area contributed by atoms with E-state index in [1.54, 1.807) is 24.3 Å². The third kappa shape index (κ3) is 4.40. The standard InChI is InChI=1S/C26H30ClN3O2/c1-4-23-22(14-21-16(3)13-25(31)20-8-6-7-19(20)21)24(5-2)30(29-23)15-26(32)28-18-11-9-17(27)10-12-18/h9-13,31H,4-8,14-15H2,1-3H3,(H,28,32). The molecular weight excluding hydrogens is 422 g/mol. The predicted octanol–water partition coefficient (Wildman–Crippen LogP) is 5.39. The van der Waals surface area contributed by atoms with E-state index in [1.165, 1.54) is 16.7 Å². The van der Waals surface area contributed by atoms with E-state index >= 15 is 0 Å². The van der Waals surface area contributed by atoms with Gasteiger partial charge in [-0.15, -0.1) is 0 Å². The number of phenols is 1. The third-order valence-electron chi connectivity index (χ3n) is 6.41. The van der Waals surface area contributed by atoms with Gasteiger partial charge in [-0.1, -0.05) is 25.4 Å². The number of amides is 1. The van der Waals surface area contributed by atoms with Gasteiger partial charge in [-0.25, -0.2) is 0 Å². The lowest BCUT2D eigenvalue weighted by molar-refractivity contribution is -0.116. The molecule has 0 atom stereocenters. The Morgan fingerprint density at radius 2 is 1.84 bits per heavy atom. The lowest BCUT2D eigenvalue weighted by atomic mass is 9.91. The van der Waals surface area contributed by atoms with Gasteiger partial charge in [0.25, 0.3) is 0 Å². The highest BCUT2D eigenvalue weighted by molar-refractivity contribution is 6.30. The summed E-state index contributed by atoms with van der Waals surface area (Å²) in [5, 5.41) is 18.8. The Morgan fingerprint density at radius 3 is 2.53 bits per heavy atom. The van der Waals surface area contributed by atoms with Crippen molar-refractivity contribution in [3.05, 3.63) is 74.6 Å². The molecule has 1 heterocycles. The average Bonchev–Trinajstić information content (AvgIpc) is 3.37. The Balaban J connectivity index is 1.63. The Bertz CT molecular complexity index is 1150. The van der Waals surface area contributed by atoms with Crippen molar-refractivity contribution in [3.8, 4) is 5.75 Å². The van der Waals surface area contributed by atoms with E-state index in [1.807, 2.05) is 10.7 Å². The largest absolute Gasteiger partial charge is 0.508 e. The first-order valence-electron chi connectivity index (χ1n) is 11.4. The number of rotatable bonds is 7. The summed E-state index contributed by atoms with van der Waals surface area (Å²) >= 11 is 5.93. The summed E-state index contributed by atoms with van der Waals surface area (Å²) in [5.74, 6) is 0.320. The molecule has 1 amide bonds. The Morgan fingerprint density at radius 1 is 1.12 bits per heavy atom. The number of aromatic nitrogens is 2. The molecule has 1 aliphatic rings. The number of hydrogen-bond donors (Lipinski definition) is 2. The maximum absolute atomic E-state index is 12.7. The summed E-state index contributed by atoms with van der Waals surface area (Å²) in [4.78, 5) is 12.7. The summed E-state index contributed by atoms with van der Waals surface area (Å²) in [7, 11) is 0. The molecule has 0 fully saturated rings. The topological polar surface area (TPSA) is 67.2 Å². The molecule has 0 saturated carbocycles. The highest BCUT2D eigenvalue weighted by atomic mass is 35.5. The molecule has 5 nitrogen and oxygen atoms in total. The molecule has 2 aromatic carbocycles. The molecule has 0 unspecified atom stereocenters. The van der Waals surface area contributed by atoms with Crippen LogP contribution in [0.2, 0.25) is 5.02 Å². The minimum absolute atomic E-state index is 0.111. The molecule has 1 aromatic heterocycles. The molecular formula is C26H30ClN3O2. The highest BCUT2D eigenvalue weighted by Crippen LogP contribution is 2.36. The van der Waals surface area contributed by atoms with E-state index in [-0.39, 0.29) is 12.5 Å². The van der Waals surface area contributed by atoms with E-state index in [9.17, 15) is 9.90 Å². The zero-order chi connectivity index (χ0) is 22.8. The number of carbonyl (C=O) groups is 1. The molecule has 1 aliphatic carbocycles. The van der Waals surface area contributed by atoms with Crippen LogP contribution in [0.3, 0.4) is 0 Å². The SMILES string of the molecule is CCc1nn(CC(=O)Nc2ccc(Cl)cc2)c(CC)c1Cc1c(C)cc(O)c2c1CCC2. The first-order valence-corrected chi connectivity index (χ1v) is 11.7. The molecule has 2 N–H and O–H groups in total. The van der Waals surface area contributed by atoms with Crippen molar-refractivity contribution in [2.24, 2.45) is 0 Å². The fourth-order valence-electron chi connectivity index (χ4n) is 4.87. The fourth-order valence-corrected chi connectivity index (χ4v) is 5.00. The number of aromatic hydroxyl groups is 1. The van der Waals surface area contributed by atoms with Crippen LogP contribution in [0.15, 0.2) is 30.3 Å². The Kier molecular flexibility index (Phi) is 6.56. The van der Waals surface area contributed by atoms with E-state index in [0.717, 1.165) is 66.7 Å². The van der Waals surface area contributed by atoms with Crippen molar-refractivity contribution < 1.29 is 9.90 Å². The maximum atomic E-state index is 12.7. The van der Waals surface area contributed by atoms with Crippen LogP contribution >= 0.6 is 11.6 Å². The highest BCUT2D eigenvalue weighted by Gasteiger charge is 2.24. The molecule has 0 spiro atoms. The van der Waals surface area contributed by atoms with Crippen LogP contribution in [0.5, 0.6) is 5.75 Å². The smallest absolute Gasteiger partial charge is 0.246 e. The van der Waals surface area contributed by atoms with Gasteiger partial charge in [-0.3, -0.25) is 9.48 Å². The Hall–Kier alpha value is -2.79. The van der Waals surface area contributed by atoms with E-state index < -0.39 is 0 Å². The molecule has 32 heavy (non-hydrogen) atoms. The number of aryl methyl sites for hydroxylation is 2. The lowest BCUT2D eigenvalue weighted by Gasteiger charge is -2.15. The number of phenolic OH excluding ortho intramolecular Hbond substituents is 1. The van der Waals surface area contributed by atoms with Gasteiger partial charge >= 0.3 is 0 Å². The number of nitrogens with zero attached hydrogens (tertiary/aromatic N) is 2. The molecule has 0 bridgehead atoms. The van der Waals surface area contributed by atoms with Crippen LogP contribution in [-0.2, 0) is 43.4 Å². The van der Waals surface area contributed by atoms with Gasteiger partial charge < -0.3 is 10.4 Å². The number of hydrogen-bond acceptors (Lipinski definition) is 3. The summed E-state index contributed by atoms with van der Waals surface area (Å²) in [6, 6.07) is 9.01. The van der Waals surface area contributed by atoms with Gasteiger partial charge in [-0.2, -0.15) is 5.10 Å². The average molecular weight is 452 g/mol. The second-order valence-corrected chi connectivity index (χ2v) is 8.91. The van der Waals surface area contributed by atoms with Crippen LogP contribution in [0.25, 0.3) is 0 Å². The zero-order valence-electron chi connectivity index (χ0n) is 19.0. The van der Waals surface area contributed by atoms with Gasteiger partial charge in [0.15, 0.2) is 0 Å². The van der Waals surface area contributed by atoms with Gasteiger partial charge in [0.1, 0.15) is 12.3 Å². The van der Waals surface area contributed by atoms with E-state index in [2.05, 4.69) is 26.1 Å². The second kappa shape index (κ2) is 9.37. The van der Waals surface area contributed by atoms with Crippen molar-refractivity contribution in [3.63, 3.8) is 0 Å². The molecule has 3 aromatic rings. The monoisotopic (exact) mass is 451 g/mol. The molecule has 4 rings (SSSR count). The second-order valence-electron chi connectivity index (χ2n) is 8.47. The Labute approximate surface area is 194 Å². The third-order valence-corrected chi connectivity index (χ3v) is 6.67. The molecule has 6 heteroatoms. The summed E-state index contributed by atoms with van der Waals surface area (Å²) in [5.41, 5.74) is 8.93. The summed E-state index contributed by atoms with van der Waals surface area (Å²) in [6.45, 7) is 6.47. The van der Waals surface area contributed by atoms with Crippen LogP contribution < -0.4 is 5.32 Å². The van der Waals surface area contributed by atoms with Gasteiger partial charge in [-0.05, 0) is 91.6 Å². The van der Waals surface area contributed by atoms with Gasteiger partial charge in [0.2, 0.25) is 5.91 Å². The molecule has 0 aliphatic heterocycles. The van der Waals surface area contributed by atoms with Gasteiger partial charge in [0.05, 0.1) is 5.69 Å². The minimum Gasteiger partial charge on any atom is -0.508 e. The van der Waals surface area contributed by atoms with Crippen molar-refractivity contribution in [2.45, 2.75) is 65.8 Å². The first-order chi connectivity index (χ1) is 15.4. The number of carbonyl (C=O) groups excluding carboxylic acids is 1. The van der Waals surface area contributed by atoms with Gasteiger partial charge in [0, 0.05) is 28.4 Å². The molecule has 168 valence electrons. The van der Waals surface area contributed by atoms with Crippen LogP contribution in [0.4, 0.5) is 5.69 Å². The van der Waals surface area contributed by atoms with Crippen molar-refractivity contribution in [2.75, 3.05) is 5.32 Å². The maximum Gasteiger partial charge on any atom is 0.246 e. The predicted molar refractivity (Wildman–Crippen MR) is 129 cm³/mol. The summed E-state index contributed by atoms with van der Waals surface area (Å²) in [6.07, 6.45) is 5.45. The fraction of sp³-hybridized carbons (Fsp3) is 0.385. The number of halogens is 1. The first kappa shape index (κ1) is 22.4. The minimum atomic E-state index is -0.111. The van der Waals surface area contributed by atoms with Crippen LogP contribution in [0.1, 0.15) is 59.5 Å². The lowest BCUT2D eigenvalue weighted by Crippen LogP contribution is -2.21. The van der Waals surface area contributed by atoms with Crippen LogP contribution in [-0.4, -0.2) is 20.8 Å². The zero-order valence-corrected chi connectivity index (χ0v) is 19.7. The van der Waals surface area contributed by atoms with Crippen molar-refractivity contribution in [1.29, 1.82) is 0 Å². The number of nitrogens with one attached hydrogen (secondary N) is 1. The molecule has 0 saturated heterocycles. The number of anilines is 1. The van der Waals surface area contributed by atoms with Crippen LogP contribution in [0, 0.1) is 6.92 Å². The molecule has 0 radical (unpaired) electrons. The quantitative estimate of drug-likeness (QED) is 0.505. The summed E-state index contributed by atoms with van der Waals surface area (Å²) < 4.78 is 1.86. The number of benzene rings is 2.